The Labute approximate surface area is 305 Å². The molecule has 0 radical (unpaired) electrons. The third kappa shape index (κ3) is 14.4. The minimum Gasteiger partial charge on any atom is -0.458 e. The van der Waals surface area contributed by atoms with E-state index in [1.54, 1.807) is 58.2 Å². The van der Waals surface area contributed by atoms with Gasteiger partial charge < -0.3 is 25.0 Å². The molecule has 2 rings (SSSR count). The van der Waals surface area contributed by atoms with E-state index in [9.17, 15) is 19.2 Å². The van der Waals surface area contributed by atoms with Gasteiger partial charge in [-0.2, -0.15) is 11.8 Å². The average molecular weight is 712 g/mol. The number of benzene rings is 2. The zero-order chi connectivity index (χ0) is 37.8. The Morgan fingerprint density at radius 3 is 1.94 bits per heavy atom. The molecule has 4 atom stereocenters. The maximum absolute atomic E-state index is 14.9. The lowest BCUT2D eigenvalue weighted by Gasteiger charge is -2.39. The lowest BCUT2D eigenvalue weighted by atomic mass is 9.94. The van der Waals surface area contributed by atoms with Crippen LogP contribution in [-0.4, -0.2) is 70.1 Å². The van der Waals surface area contributed by atoms with Gasteiger partial charge in [-0.3, -0.25) is 9.59 Å². The molecule has 50 heavy (non-hydrogen) atoms. The van der Waals surface area contributed by atoms with E-state index < -0.39 is 59.2 Å². The van der Waals surface area contributed by atoms with Gasteiger partial charge in [-0.1, -0.05) is 62.4 Å². The zero-order valence-electron chi connectivity index (χ0n) is 32.3. The van der Waals surface area contributed by atoms with Crippen molar-refractivity contribution in [3.05, 3.63) is 70.8 Å². The highest BCUT2D eigenvalue weighted by Crippen LogP contribution is 2.30. The Kier molecular flexibility index (Phi) is 16.4. The lowest BCUT2D eigenvalue weighted by molar-refractivity contribution is -0.159. The van der Waals surface area contributed by atoms with Gasteiger partial charge in [0, 0.05) is 12.5 Å². The van der Waals surface area contributed by atoms with Crippen molar-refractivity contribution < 1.29 is 28.7 Å². The molecule has 10 heteroatoms. The molecule has 0 bridgehead atoms. The fourth-order valence-electron chi connectivity index (χ4n) is 5.48. The van der Waals surface area contributed by atoms with Crippen LogP contribution >= 0.6 is 11.8 Å². The van der Waals surface area contributed by atoms with Crippen molar-refractivity contribution in [1.29, 1.82) is 0 Å². The molecule has 3 amide bonds. The van der Waals surface area contributed by atoms with Gasteiger partial charge in [0.15, 0.2) is 0 Å². The molecule has 0 saturated carbocycles. The number of ether oxygens (including phenoxy) is 2. The number of aryl methyl sites for hydroxylation is 2. The summed E-state index contributed by atoms with van der Waals surface area (Å²) in [7, 11) is 0. The largest absolute Gasteiger partial charge is 0.458 e. The molecule has 0 spiro atoms. The summed E-state index contributed by atoms with van der Waals surface area (Å²) in [6.07, 6.45) is 3.21. The maximum Gasteiger partial charge on any atom is 0.408 e. The van der Waals surface area contributed by atoms with E-state index >= 15 is 0 Å². The fourth-order valence-corrected chi connectivity index (χ4v) is 5.95. The number of thioether (sulfide) groups is 1. The highest BCUT2D eigenvalue weighted by Gasteiger charge is 2.40. The predicted molar refractivity (Wildman–Crippen MR) is 203 cm³/mol. The summed E-state index contributed by atoms with van der Waals surface area (Å²) in [5.74, 6) is -0.512. The summed E-state index contributed by atoms with van der Waals surface area (Å²) in [5, 5.41) is 5.83. The van der Waals surface area contributed by atoms with Gasteiger partial charge in [0.2, 0.25) is 11.8 Å². The first-order valence-corrected chi connectivity index (χ1v) is 19.1. The van der Waals surface area contributed by atoms with E-state index in [0.717, 1.165) is 23.1 Å². The number of carbonyl (C=O) groups is 4. The van der Waals surface area contributed by atoms with Crippen LogP contribution in [0.1, 0.15) is 110 Å². The predicted octanol–water partition coefficient (Wildman–Crippen LogP) is 7.71. The van der Waals surface area contributed by atoms with Crippen LogP contribution in [0.4, 0.5) is 4.79 Å². The van der Waals surface area contributed by atoms with Crippen LogP contribution in [-0.2, 0) is 30.3 Å². The Balaban J connectivity index is 2.74. The Morgan fingerprint density at radius 1 is 0.780 bits per heavy atom. The monoisotopic (exact) mass is 711 g/mol. The number of hydrogen-bond donors (Lipinski definition) is 2. The molecule has 0 fully saturated rings. The number of nitrogens with zero attached hydrogens (tertiary/aromatic N) is 1. The van der Waals surface area contributed by atoms with E-state index in [0.29, 0.717) is 30.1 Å². The van der Waals surface area contributed by atoms with E-state index in [2.05, 4.69) is 24.5 Å². The second-order valence-corrected chi connectivity index (χ2v) is 16.6. The van der Waals surface area contributed by atoms with Crippen LogP contribution in [0.3, 0.4) is 0 Å². The molecule has 0 aliphatic carbocycles. The van der Waals surface area contributed by atoms with Crippen LogP contribution in [0.2, 0.25) is 0 Å². The van der Waals surface area contributed by atoms with Crippen molar-refractivity contribution in [1.82, 2.24) is 15.5 Å². The highest BCUT2D eigenvalue weighted by atomic mass is 32.2. The van der Waals surface area contributed by atoms with Gasteiger partial charge >= 0.3 is 12.1 Å². The number of rotatable bonds is 16. The number of esters is 1. The summed E-state index contributed by atoms with van der Waals surface area (Å²) >= 11 is 1.56. The normalized spacial score (nSPS) is 14.3. The molecule has 4 unspecified atom stereocenters. The van der Waals surface area contributed by atoms with E-state index in [-0.39, 0.29) is 6.42 Å². The van der Waals surface area contributed by atoms with Gasteiger partial charge in [0.05, 0.1) is 0 Å². The Hall–Kier alpha value is -3.53. The first kappa shape index (κ1) is 42.6. The van der Waals surface area contributed by atoms with Crippen molar-refractivity contribution in [2.24, 2.45) is 5.92 Å². The quantitative estimate of drug-likeness (QED) is 0.172. The molecule has 0 saturated heterocycles. The molecule has 9 nitrogen and oxygen atoms in total. The number of nitrogens with one attached hydrogen (secondary N) is 2. The van der Waals surface area contributed by atoms with Gasteiger partial charge in [0.25, 0.3) is 0 Å². The van der Waals surface area contributed by atoms with Crippen molar-refractivity contribution >= 4 is 35.6 Å². The topological polar surface area (TPSA) is 114 Å². The first-order chi connectivity index (χ1) is 23.2. The van der Waals surface area contributed by atoms with Crippen molar-refractivity contribution in [3.8, 4) is 0 Å². The van der Waals surface area contributed by atoms with Gasteiger partial charge in [-0.05, 0) is 122 Å². The minimum atomic E-state index is -1.11. The third-order valence-electron chi connectivity index (χ3n) is 8.15. The summed E-state index contributed by atoms with van der Waals surface area (Å²) in [6.45, 7) is 20.8. The van der Waals surface area contributed by atoms with E-state index in [1.807, 2.05) is 75.6 Å². The van der Waals surface area contributed by atoms with E-state index in [4.69, 9.17) is 9.47 Å². The lowest BCUT2D eigenvalue weighted by Crippen LogP contribution is -2.57. The number of carbonyl (C=O) groups excluding carboxylic acids is 4. The Morgan fingerprint density at radius 2 is 1.40 bits per heavy atom. The van der Waals surface area contributed by atoms with Crippen molar-refractivity contribution in [2.45, 2.75) is 137 Å². The van der Waals surface area contributed by atoms with Crippen molar-refractivity contribution in [2.75, 3.05) is 12.0 Å². The van der Waals surface area contributed by atoms with Gasteiger partial charge in [-0.15, -0.1) is 0 Å². The molecule has 2 aromatic rings. The third-order valence-corrected chi connectivity index (χ3v) is 8.80. The maximum atomic E-state index is 14.9. The average Bonchev–Trinajstić information content (AvgIpc) is 3.00. The molecule has 0 aliphatic rings. The number of alkyl carbamates (subject to hydrolysis) is 1. The van der Waals surface area contributed by atoms with Gasteiger partial charge in [0.1, 0.15) is 29.3 Å². The van der Waals surface area contributed by atoms with Crippen LogP contribution < -0.4 is 10.6 Å². The first-order valence-electron chi connectivity index (χ1n) is 17.7. The van der Waals surface area contributed by atoms with Crippen LogP contribution in [0.25, 0.3) is 0 Å². The van der Waals surface area contributed by atoms with Crippen LogP contribution in [0.5, 0.6) is 0 Å². The molecule has 0 heterocycles. The number of hydrogen-bond acceptors (Lipinski definition) is 7. The second-order valence-electron chi connectivity index (χ2n) is 15.6. The fraction of sp³-hybridized carbons (Fsp3) is 0.600. The molecule has 0 aliphatic heterocycles. The second kappa shape index (κ2) is 19.2. The van der Waals surface area contributed by atoms with E-state index in [1.165, 1.54) is 0 Å². The standard InChI is InChI=1S/C40H61N3O6S/c1-26(2)18-20-29(5)43(36(45)32(22-23-50-12)42-38(47)49-40(9,10)11)34(31-21-19-27(3)28(4)24-31)35(44)41-33(37(46)48-39(6,7)8)25-30-16-14-13-15-17-30/h13-17,19,21,24,26,29,32-34H,18,20,22-23,25H2,1-12H3,(H,41,44)(H,42,47). The van der Waals surface area contributed by atoms with Crippen LogP contribution in [0.15, 0.2) is 48.5 Å². The smallest absolute Gasteiger partial charge is 0.408 e. The summed E-state index contributed by atoms with van der Waals surface area (Å²) in [5.41, 5.74) is 1.91. The van der Waals surface area contributed by atoms with Gasteiger partial charge in [-0.25, -0.2) is 9.59 Å². The SMILES string of the molecule is CSCCC(NC(=O)OC(C)(C)C)C(=O)N(C(C)CCC(C)C)C(C(=O)NC(Cc1ccccc1)C(=O)OC(C)(C)C)c1ccc(C)c(C)c1. The minimum absolute atomic E-state index is 0.203. The number of amides is 3. The zero-order valence-corrected chi connectivity index (χ0v) is 33.2. The summed E-state index contributed by atoms with van der Waals surface area (Å²) in [4.78, 5) is 58.0. The molecular weight excluding hydrogens is 651 g/mol. The van der Waals surface area contributed by atoms with Crippen molar-refractivity contribution in [3.63, 3.8) is 0 Å². The Bertz CT molecular complexity index is 1420. The highest BCUT2D eigenvalue weighted by molar-refractivity contribution is 7.98. The summed E-state index contributed by atoms with van der Waals surface area (Å²) < 4.78 is 11.3. The molecule has 2 N–H and O–H groups in total. The molecule has 2 aromatic carbocycles. The molecule has 0 aromatic heterocycles. The summed E-state index contributed by atoms with van der Waals surface area (Å²) in [6, 6.07) is 11.7. The molecular formula is C40H61N3O6S. The van der Waals surface area contributed by atoms with Crippen LogP contribution in [0, 0.1) is 19.8 Å². The molecule has 278 valence electrons.